The number of nitrogens with one attached hydrogen (secondary N) is 1. The minimum Gasteiger partial charge on any atom is -0.545 e. The number of carboxylic acids is 1. The van der Waals surface area contributed by atoms with E-state index in [9.17, 15) is 9.90 Å². The molecule has 3 aromatic rings. The third kappa shape index (κ3) is 3.97. The SMILES string of the molecule is Cc1n[nH]c(C)c1Sc1ccccc1N=Cc1ccc(C(=O)[O-])cc1. The number of aryl methyl sites for hydroxylation is 2. The number of H-pyrrole nitrogens is 1. The van der Waals surface area contributed by atoms with Gasteiger partial charge in [0, 0.05) is 16.8 Å². The Morgan fingerprint density at radius 1 is 1.16 bits per heavy atom. The fourth-order valence-electron chi connectivity index (χ4n) is 2.30. The van der Waals surface area contributed by atoms with E-state index in [1.54, 1.807) is 30.1 Å². The second-order valence-corrected chi connectivity index (χ2v) is 6.55. The molecule has 0 atom stereocenters. The normalized spacial score (nSPS) is 11.1. The number of para-hydroxylation sites is 1. The van der Waals surface area contributed by atoms with Crippen molar-refractivity contribution in [2.75, 3.05) is 0 Å². The van der Waals surface area contributed by atoms with Gasteiger partial charge in [0.1, 0.15) is 0 Å². The summed E-state index contributed by atoms with van der Waals surface area (Å²) in [4.78, 5) is 17.5. The van der Waals surface area contributed by atoms with E-state index < -0.39 is 5.97 Å². The Balaban J connectivity index is 1.84. The van der Waals surface area contributed by atoms with Gasteiger partial charge in [-0.05, 0) is 37.1 Å². The highest BCUT2D eigenvalue weighted by atomic mass is 32.2. The highest BCUT2D eigenvalue weighted by Crippen LogP contribution is 2.37. The molecule has 0 aliphatic heterocycles. The highest BCUT2D eigenvalue weighted by molar-refractivity contribution is 7.99. The Hall–Kier alpha value is -2.86. The molecular weight excluding hydrogens is 334 g/mol. The van der Waals surface area contributed by atoms with Crippen LogP contribution in [-0.2, 0) is 0 Å². The quantitative estimate of drug-likeness (QED) is 0.716. The monoisotopic (exact) mass is 350 g/mol. The van der Waals surface area contributed by atoms with Crippen molar-refractivity contribution in [1.82, 2.24) is 10.2 Å². The van der Waals surface area contributed by atoms with E-state index in [0.29, 0.717) is 0 Å². The predicted molar refractivity (Wildman–Crippen MR) is 96.7 cm³/mol. The molecule has 0 spiro atoms. The summed E-state index contributed by atoms with van der Waals surface area (Å²) >= 11 is 1.62. The third-order valence-corrected chi connectivity index (χ3v) is 5.01. The van der Waals surface area contributed by atoms with E-state index in [-0.39, 0.29) is 5.56 Å². The molecule has 1 heterocycles. The zero-order valence-electron chi connectivity index (χ0n) is 13.8. The molecule has 0 fully saturated rings. The van der Waals surface area contributed by atoms with Crippen molar-refractivity contribution < 1.29 is 9.90 Å². The summed E-state index contributed by atoms with van der Waals surface area (Å²) in [5, 5.41) is 18.0. The zero-order chi connectivity index (χ0) is 17.8. The van der Waals surface area contributed by atoms with Gasteiger partial charge in [0.2, 0.25) is 0 Å². The van der Waals surface area contributed by atoms with Crippen molar-refractivity contribution in [3.63, 3.8) is 0 Å². The van der Waals surface area contributed by atoms with E-state index in [1.807, 2.05) is 38.1 Å². The van der Waals surface area contributed by atoms with Crippen LogP contribution in [0, 0.1) is 13.8 Å². The van der Waals surface area contributed by atoms with Gasteiger partial charge in [-0.2, -0.15) is 5.10 Å². The predicted octanol–water partition coefficient (Wildman–Crippen LogP) is 3.29. The molecule has 6 heteroatoms. The maximum atomic E-state index is 10.8. The van der Waals surface area contributed by atoms with Gasteiger partial charge in [-0.25, -0.2) is 0 Å². The van der Waals surface area contributed by atoms with Gasteiger partial charge in [-0.1, -0.05) is 48.2 Å². The van der Waals surface area contributed by atoms with E-state index in [0.717, 1.165) is 32.4 Å². The fourth-order valence-corrected chi connectivity index (χ4v) is 3.28. The molecular formula is C19H16N3O2S-. The minimum absolute atomic E-state index is 0.152. The van der Waals surface area contributed by atoms with Crippen LogP contribution in [0.25, 0.3) is 0 Å². The first kappa shape index (κ1) is 17.0. The van der Waals surface area contributed by atoms with Gasteiger partial charge in [-0.15, -0.1) is 0 Å². The molecule has 0 saturated carbocycles. The van der Waals surface area contributed by atoms with Crippen molar-refractivity contribution in [2.24, 2.45) is 4.99 Å². The van der Waals surface area contributed by atoms with Gasteiger partial charge in [0.25, 0.3) is 0 Å². The average Bonchev–Trinajstić information content (AvgIpc) is 2.93. The number of hydrogen-bond donors (Lipinski definition) is 1. The number of hydrogen-bond acceptors (Lipinski definition) is 5. The van der Waals surface area contributed by atoms with Crippen LogP contribution in [0.15, 0.2) is 63.3 Å². The fraction of sp³-hybridized carbons (Fsp3) is 0.105. The lowest BCUT2D eigenvalue weighted by Crippen LogP contribution is -2.21. The minimum atomic E-state index is -1.18. The lowest BCUT2D eigenvalue weighted by molar-refractivity contribution is -0.255. The first-order valence-corrected chi connectivity index (χ1v) is 8.50. The van der Waals surface area contributed by atoms with Crippen LogP contribution < -0.4 is 5.11 Å². The largest absolute Gasteiger partial charge is 0.545 e. The number of rotatable bonds is 5. The van der Waals surface area contributed by atoms with E-state index in [1.165, 1.54) is 12.1 Å². The van der Waals surface area contributed by atoms with Crippen LogP contribution in [0.5, 0.6) is 0 Å². The topological polar surface area (TPSA) is 81.2 Å². The Morgan fingerprint density at radius 3 is 2.52 bits per heavy atom. The molecule has 0 unspecified atom stereocenters. The van der Waals surface area contributed by atoms with Crippen LogP contribution >= 0.6 is 11.8 Å². The van der Waals surface area contributed by atoms with Crippen molar-refractivity contribution in [3.8, 4) is 0 Å². The second-order valence-electron chi connectivity index (χ2n) is 5.50. The van der Waals surface area contributed by atoms with Gasteiger partial charge >= 0.3 is 0 Å². The summed E-state index contributed by atoms with van der Waals surface area (Å²) in [5.74, 6) is -1.18. The number of benzene rings is 2. The maximum absolute atomic E-state index is 10.8. The van der Waals surface area contributed by atoms with Gasteiger partial charge < -0.3 is 9.90 Å². The molecule has 1 aromatic heterocycles. The lowest BCUT2D eigenvalue weighted by atomic mass is 10.1. The summed E-state index contributed by atoms with van der Waals surface area (Å²) in [6, 6.07) is 14.3. The number of aromatic nitrogens is 2. The molecule has 0 aliphatic rings. The Bertz CT molecular complexity index is 911. The number of aliphatic imine (C=N–C) groups is 1. The Morgan fingerprint density at radius 2 is 1.88 bits per heavy atom. The molecule has 0 bridgehead atoms. The summed E-state index contributed by atoms with van der Waals surface area (Å²) in [7, 11) is 0. The van der Waals surface area contributed by atoms with Gasteiger partial charge in [0.15, 0.2) is 0 Å². The molecule has 3 rings (SSSR count). The molecule has 126 valence electrons. The molecule has 1 N–H and O–H groups in total. The van der Waals surface area contributed by atoms with Gasteiger partial charge in [-0.3, -0.25) is 10.1 Å². The standard InChI is InChI=1S/C19H17N3O2S/c1-12-18(13(2)22-21-12)25-17-6-4-3-5-16(17)20-11-14-7-9-15(10-8-14)19(23)24/h3-11H,1-2H3,(H,21,22)(H,23,24)/p-1. The Kier molecular flexibility index (Phi) is 5.00. The summed E-state index contributed by atoms with van der Waals surface area (Å²) in [6.07, 6.45) is 1.72. The number of carbonyl (C=O) groups excluding carboxylic acids is 1. The molecule has 5 nitrogen and oxygen atoms in total. The number of nitrogens with zero attached hydrogens (tertiary/aromatic N) is 2. The van der Waals surface area contributed by atoms with Crippen molar-refractivity contribution in [3.05, 3.63) is 71.0 Å². The first-order valence-electron chi connectivity index (χ1n) is 7.68. The maximum Gasteiger partial charge on any atom is 0.0769 e. The molecule has 2 aromatic carbocycles. The third-order valence-electron chi connectivity index (χ3n) is 3.64. The number of carbonyl (C=O) groups is 1. The number of aromatic amines is 1. The summed E-state index contributed by atoms with van der Waals surface area (Å²) in [5.41, 5.74) is 3.80. The molecule has 0 saturated heterocycles. The lowest BCUT2D eigenvalue weighted by Gasteiger charge is -2.06. The van der Waals surface area contributed by atoms with Crippen LogP contribution in [-0.4, -0.2) is 22.4 Å². The summed E-state index contributed by atoms with van der Waals surface area (Å²) < 4.78 is 0. The molecule has 0 amide bonds. The zero-order valence-corrected chi connectivity index (χ0v) is 14.6. The van der Waals surface area contributed by atoms with Crippen LogP contribution in [0.1, 0.15) is 27.3 Å². The summed E-state index contributed by atoms with van der Waals surface area (Å²) in [6.45, 7) is 3.96. The van der Waals surface area contributed by atoms with Crippen molar-refractivity contribution in [2.45, 2.75) is 23.6 Å². The smallest absolute Gasteiger partial charge is 0.0769 e. The van der Waals surface area contributed by atoms with E-state index in [2.05, 4.69) is 15.2 Å². The number of aromatic carboxylic acids is 1. The van der Waals surface area contributed by atoms with Crippen molar-refractivity contribution in [1.29, 1.82) is 0 Å². The van der Waals surface area contributed by atoms with Crippen LogP contribution in [0.2, 0.25) is 0 Å². The van der Waals surface area contributed by atoms with E-state index >= 15 is 0 Å². The highest BCUT2D eigenvalue weighted by Gasteiger charge is 2.10. The molecule has 0 radical (unpaired) electrons. The Labute approximate surface area is 149 Å². The molecule has 25 heavy (non-hydrogen) atoms. The van der Waals surface area contributed by atoms with Crippen LogP contribution in [0.3, 0.4) is 0 Å². The van der Waals surface area contributed by atoms with Crippen molar-refractivity contribution >= 4 is 29.6 Å². The molecule has 0 aliphatic carbocycles. The van der Waals surface area contributed by atoms with Crippen LogP contribution in [0.4, 0.5) is 5.69 Å². The first-order chi connectivity index (χ1) is 12.0. The van der Waals surface area contributed by atoms with E-state index in [4.69, 9.17) is 0 Å². The number of carboxylic acid groups (broad SMARTS) is 1. The average molecular weight is 350 g/mol. The second kappa shape index (κ2) is 7.36. The van der Waals surface area contributed by atoms with Gasteiger partial charge in [0.05, 0.1) is 22.2 Å².